The van der Waals surface area contributed by atoms with Crippen molar-refractivity contribution >= 4 is 28.5 Å². The van der Waals surface area contributed by atoms with E-state index in [2.05, 4.69) is 120 Å². The molecule has 2 aliphatic rings. The summed E-state index contributed by atoms with van der Waals surface area (Å²) in [6.45, 7) is 0. The normalized spacial score (nSPS) is 18.8. The SMILES string of the molecule is Clc1ccc2c(c1)C1C(c3cccc(-c4ccccc4)c3)=CC=CC1N2c1ccccc1. The first kappa shape index (κ1) is 19.2. The molecular weight excluding hydrogens is 410 g/mol. The maximum Gasteiger partial charge on any atom is 0.0635 e. The molecule has 0 amide bonds. The molecule has 1 aliphatic carbocycles. The summed E-state index contributed by atoms with van der Waals surface area (Å²) in [6.07, 6.45) is 6.79. The van der Waals surface area contributed by atoms with Crippen LogP contribution < -0.4 is 4.90 Å². The van der Waals surface area contributed by atoms with Gasteiger partial charge in [-0.05, 0) is 64.2 Å². The second-order valence-corrected chi connectivity index (χ2v) is 8.77. The smallest absolute Gasteiger partial charge is 0.0635 e. The predicted octanol–water partition coefficient (Wildman–Crippen LogP) is 8.26. The van der Waals surface area contributed by atoms with E-state index in [4.69, 9.17) is 11.6 Å². The number of anilines is 2. The lowest BCUT2D eigenvalue weighted by molar-refractivity contribution is 0.759. The van der Waals surface area contributed by atoms with Gasteiger partial charge in [-0.1, -0.05) is 96.6 Å². The van der Waals surface area contributed by atoms with E-state index in [0.717, 1.165) is 5.02 Å². The molecule has 0 radical (unpaired) electrons. The van der Waals surface area contributed by atoms with Crippen LogP contribution in [0.25, 0.3) is 16.7 Å². The van der Waals surface area contributed by atoms with Crippen LogP contribution in [0.3, 0.4) is 0 Å². The Balaban J connectivity index is 1.48. The van der Waals surface area contributed by atoms with Crippen molar-refractivity contribution < 1.29 is 0 Å². The molecule has 1 heterocycles. The van der Waals surface area contributed by atoms with Crippen molar-refractivity contribution in [3.63, 3.8) is 0 Å². The number of benzene rings is 4. The predicted molar refractivity (Wildman–Crippen MR) is 136 cm³/mol. The fourth-order valence-corrected chi connectivity index (χ4v) is 5.28. The van der Waals surface area contributed by atoms with Gasteiger partial charge in [0.25, 0.3) is 0 Å². The van der Waals surface area contributed by atoms with Gasteiger partial charge >= 0.3 is 0 Å². The molecule has 6 rings (SSSR count). The molecule has 154 valence electrons. The standard InChI is InChI=1S/C30H22ClN/c31-24-17-18-28-27(20-24)30-26(15-8-16-29(30)32(28)25-13-5-2-6-14-25)23-12-7-11-22(19-23)21-9-3-1-4-10-21/h1-20,29-30H. The van der Waals surface area contributed by atoms with Gasteiger partial charge in [0.15, 0.2) is 0 Å². The fourth-order valence-electron chi connectivity index (χ4n) is 5.10. The third kappa shape index (κ3) is 3.18. The molecule has 4 aromatic carbocycles. The van der Waals surface area contributed by atoms with Crippen molar-refractivity contribution in [1.82, 2.24) is 0 Å². The molecule has 32 heavy (non-hydrogen) atoms. The molecule has 0 saturated carbocycles. The van der Waals surface area contributed by atoms with Crippen LogP contribution in [-0.4, -0.2) is 6.04 Å². The molecule has 1 aliphatic heterocycles. The Morgan fingerprint density at radius 2 is 1.38 bits per heavy atom. The van der Waals surface area contributed by atoms with Crippen molar-refractivity contribution in [1.29, 1.82) is 0 Å². The second-order valence-electron chi connectivity index (χ2n) is 8.33. The molecule has 2 atom stereocenters. The average Bonchev–Trinajstić information content (AvgIpc) is 3.19. The molecule has 0 aromatic heterocycles. The highest BCUT2D eigenvalue weighted by Gasteiger charge is 2.41. The summed E-state index contributed by atoms with van der Waals surface area (Å²) >= 11 is 6.49. The molecule has 0 fully saturated rings. The molecule has 0 saturated heterocycles. The monoisotopic (exact) mass is 431 g/mol. The third-order valence-electron chi connectivity index (χ3n) is 6.48. The maximum atomic E-state index is 6.49. The number of hydrogen-bond acceptors (Lipinski definition) is 1. The van der Waals surface area contributed by atoms with Gasteiger partial charge in [0.2, 0.25) is 0 Å². The minimum atomic E-state index is 0.214. The van der Waals surface area contributed by atoms with Crippen molar-refractivity contribution in [3.05, 3.63) is 138 Å². The Kier molecular flexibility index (Phi) is 4.70. The first-order valence-corrected chi connectivity index (χ1v) is 11.4. The van der Waals surface area contributed by atoms with Crippen LogP contribution in [0.5, 0.6) is 0 Å². The maximum absolute atomic E-state index is 6.49. The molecule has 0 N–H and O–H groups in total. The topological polar surface area (TPSA) is 3.24 Å². The summed E-state index contributed by atoms with van der Waals surface area (Å²) in [5, 5.41) is 0.782. The number of nitrogens with zero attached hydrogens (tertiary/aromatic N) is 1. The summed E-state index contributed by atoms with van der Waals surface area (Å²) in [6, 6.07) is 36.6. The Labute approximate surface area is 193 Å². The van der Waals surface area contributed by atoms with E-state index < -0.39 is 0 Å². The van der Waals surface area contributed by atoms with Gasteiger partial charge < -0.3 is 4.90 Å². The molecule has 0 bridgehead atoms. The van der Waals surface area contributed by atoms with E-state index in [1.807, 2.05) is 6.07 Å². The van der Waals surface area contributed by atoms with Gasteiger partial charge in [0, 0.05) is 22.3 Å². The van der Waals surface area contributed by atoms with Crippen LogP contribution in [0.2, 0.25) is 5.02 Å². The van der Waals surface area contributed by atoms with E-state index in [1.54, 1.807) is 0 Å². The Hall–Kier alpha value is -3.55. The van der Waals surface area contributed by atoms with E-state index in [9.17, 15) is 0 Å². The van der Waals surface area contributed by atoms with Gasteiger partial charge in [0.1, 0.15) is 0 Å². The first-order chi connectivity index (χ1) is 15.8. The molecule has 4 aromatic rings. The number of rotatable bonds is 3. The number of halogens is 1. The van der Waals surface area contributed by atoms with E-state index in [-0.39, 0.29) is 12.0 Å². The largest absolute Gasteiger partial charge is 0.333 e. The van der Waals surface area contributed by atoms with Gasteiger partial charge in [0.05, 0.1) is 6.04 Å². The minimum Gasteiger partial charge on any atom is -0.333 e. The number of fused-ring (bicyclic) bond motifs is 3. The number of hydrogen-bond donors (Lipinski definition) is 0. The van der Waals surface area contributed by atoms with Crippen molar-refractivity contribution in [3.8, 4) is 11.1 Å². The highest BCUT2D eigenvalue weighted by Crippen LogP contribution is 2.53. The summed E-state index contributed by atoms with van der Waals surface area (Å²) < 4.78 is 0. The van der Waals surface area contributed by atoms with Crippen LogP contribution in [0.15, 0.2) is 121 Å². The zero-order valence-corrected chi connectivity index (χ0v) is 18.3. The van der Waals surface area contributed by atoms with Crippen molar-refractivity contribution in [2.24, 2.45) is 0 Å². The Bertz CT molecular complexity index is 1340. The quantitative estimate of drug-likeness (QED) is 0.315. The number of allylic oxidation sites excluding steroid dienone is 2. The van der Waals surface area contributed by atoms with E-state index >= 15 is 0 Å². The third-order valence-corrected chi connectivity index (χ3v) is 6.72. The van der Waals surface area contributed by atoms with Crippen LogP contribution >= 0.6 is 11.6 Å². The van der Waals surface area contributed by atoms with Crippen molar-refractivity contribution in [2.45, 2.75) is 12.0 Å². The zero-order chi connectivity index (χ0) is 21.5. The minimum absolute atomic E-state index is 0.214. The molecule has 2 heteroatoms. The van der Waals surface area contributed by atoms with Crippen LogP contribution in [-0.2, 0) is 0 Å². The lowest BCUT2D eigenvalue weighted by Gasteiger charge is -2.31. The molecule has 0 spiro atoms. The molecular formula is C30H22ClN. The van der Waals surface area contributed by atoms with E-state index in [0.29, 0.717) is 0 Å². The van der Waals surface area contributed by atoms with Gasteiger partial charge in [-0.15, -0.1) is 0 Å². The number of para-hydroxylation sites is 1. The second kappa shape index (κ2) is 7.85. The molecule has 2 unspecified atom stereocenters. The van der Waals surface area contributed by atoms with E-state index in [1.165, 1.54) is 39.2 Å². The van der Waals surface area contributed by atoms with Gasteiger partial charge in [-0.2, -0.15) is 0 Å². The van der Waals surface area contributed by atoms with Crippen LogP contribution in [0.4, 0.5) is 11.4 Å². The van der Waals surface area contributed by atoms with Crippen molar-refractivity contribution in [2.75, 3.05) is 4.90 Å². The molecule has 1 nitrogen and oxygen atoms in total. The fraction of sp³-hybridized carbons (Fsp3) is 0.0667. The highest BCUT2D eigenvalue weighted by molar-refractivity contribution is 6.30. The van der Waals surface area contributed by atoms with Crippen LogP contribution in [0.1, 0.15) is 17.0 Å². The summed E-state index contributed by atoms with van der Waals surface area (Å²) in [4.78, 5) is 2.45. The Morgan fingerprint density at radius 1 is 0.656 bits per heavy atom. The van der Waals surface area contributed by atoms with Crippen LogP contribution in [0, 0.1) is 0 Å². The lowest BCUT2D eigenvalue weighted by Crippen LogP contribution is -2.29. The average molecular weight is 432 g/mol. The lowest BCUT2D eigenvalue weighted by atomic mass is 9.80. The summed E-state index contributed by atoms with van der Waals surface area (Å²) in [7, 11) is 0. The van der Waals surface area contributed by atoms with Gasteiger partial charge in [-0.25, -0.2) is 0 Å². The zero-order valence-electron chi connectivity index (χ0n) is 17.5. The Morgan fingerprint density at radius 3 is 2.19 bits per heavy atom. The van der Waals surface area contributed by atoms with Gasteiger partial charge in [-0.3, -0.25) is 0 Å². The highest BCUT2D eigenvalue weighted by atomic mass is 35.5. The summed E-state index contributed by atoms with van der Waals surface area (Å²) in [5.41, 5.74) is 8.77. The first-order valence-electron chi connectivity index (χ1n) is 11.0. The summed E-state index contributed by atoms with van der Waals surface area (Å²) in [5.74, 6) is 0.222.